The SMILES string of the molecule is Cn1cc(S(=O)(=O)Nc2ccc(Br)cc2C(N)=S)cn1. The molecule has 0 aliphatic heterocycles. The van der Waals surface area contributed by atoms with E-state index in [0.29, 0.717) is 11.3 Å². The number of aromatic nitrogens is 2. The molecule has 0 unspecified atom stereocenters. The van der Waals surface area contributed by atoms with E-state index in [9.17, 15) is 8.42 Å². The highest BCUT2D eigenvalue weighted by Crippen LogP contribution is 2.23. The third kappa shape index (κ3) is 3.17. The molecule has 106 valence electrons. The van der Waals surface area contributed by atoms with Crippen LogP contribution in [0.15, 0.2) is 40.0 Å². The van der Waals surface area contributed by atoms with Gasteiger partial charge in [0.25, 0.3) is 10.0 Å². The van der Waals surface area contributed by atoms with Gasteiger partial charge < -0.3 is 5.73 Å². The molecule has 2 rings (SSSR count). The number of halogens is 1. The molecule has 20 heavy (non-hydrogen) atoms. The van der Waals surface area contributed by atoms with Crippen LogP contribution in [0.5, 0.6) is 0 Å². The van der Waals surface area contributed by atoms with E-state index in [2.05, 4.69) is 25.8 Å². The quantitative estimate of drug-likeness (QED) is 0.793. The number of nitrogens with one attached hydrogen (secondary N) is 1. The summed E-state index contributed by atoms with van der Waals surface area (Å²) in [6, 6.07) is 4.94. The van der Waals surface area contributed by atoms with Gasteiger partial charge in [-0.05, 0) is 18.2 Å². The van der Waals surface area contributed by atoms with Gasteiger partial charge in [0.15, 0.2) is 0 Å². The largest absolute Gasteiger partial charge is 0.389 e. The predicted octanol–water partition coefficient (Wildman–Crippen LogP) is 1.62. The summed E-state index contributed by atoms with van der Waals surface area (Å²) in [5, 5.41) is 3.84. The Kier molecular flexibility index (Phi) is 4.11. The van der Waals surface area contributed by atoms with Crippen LogP contribution in [0, 0.1) is 0 Å². The van der Waals surface area contributed by atoms with E-state index in [1.807, 2.05) is 0 Å². The Morgan fingerprint density at radius 3 is 2.75 bits per heavy atom. The highest BCUT2D eigenvalue weighted by molar-refractivity contribution is 9.10. The standard InChI is InChI=1S/C11H11BrN4O2S2/c1-16-6-8(5-14-16)20(17,18)15-10-3-2-7(12)4-9(10)11(13)19/h2-6,15H,1H3,(H2,13,19). The van der Waals surface area contributed by atoms with Gasteiger partial charge in [0.2, 0.25) is 0 Å². The minimum absolute atomic E-state index is 0.0665. The molecular weight excluding hydrogens is 364 g/mol. The molecule has 1 aromatic carbocycles. The zero-order chi connectivity index (χ0) is 14.9. The molecule has 0 aliphatic rings. The molecule has 0 saturated carbocycles. The van der Waals surface area contributed by atoms with Crippen LogP contribution in [0.25, 0.3) is 0 Å². The summed E-state index contributed by atoms with van der Waals surface area (Å²) in [6.07, 6.45) is 2.67. The zero-order valence-corrected chi connectivity index (χ0v) is 13.6. The Bertz CT molecular complexity index is 770. The van der Waals surface area contributed by atoms with Crippen molar-refractivity contribution in [2.75, 3.05) is 4.72 Å². The maximum absolute atomic E-state index is 12.2. The van der Waals surface area contributed by atoms with Crippen LogP contribution >= 0.6 is 28.1 Å². The second-order valence-electron chi connectivity index (χ2n) is 4.01. The molecule has 0 amide bonds. The number of sulfonamides is 1. The van der Waals surface area contributed by atoms with Crippen LogP contribution in [0.4, 0.5) is 5.69 Å². The molecule has 0 atom stereocenters. The second kappa shape index (κ2) is 5.51. The molecule has 0 aliphatic carbocycles. The predicted molar refractivity (Wildman–Crippen MR) is 84.0 cm³/mol. The van der Waals surface area contributed by atoms with Gasteiger partial charge in [-0.15, -0.1) is 0 Å². The van der Waals surface area contributed by atoms with Crippen molar-refractivity contribution in [3.05, 3.63) is 40.6 Å². The summed E-state index contributed by atoms with van der Waals surface area (Å²) in [5.74, 6) is 0. The highest BCUT2D eigenvalue weighted by Gasteiger charge is 2.18. The number of hydrogen-bond donors (Lipinski definition) is 2. The molecule has 1 aromatic heterocycles. The van der Waals surface area contributed by atoms with Crippen molar-refractivity contribution < 1.29 is 8.42 Å². The Hall–Kier alpha value is -1.45. The Morgan fingerprint density at radius 1 is 1.50 bits per heavy atom. The molecule has 0 saturated heterocycles. The Balaban J connectivity index is 2.42. The van der Waals surface area contributed by atoms with Crippen molar-refractivity contribution in [2.45, 2.75) is 4.90 Å². The van der Waals surface area contributed by atoms with Gasteiger partial charge in [-0.3, -0.25) is 9.40 Å². The van der Waals surface area contributed by atoms with E-state index < -0.39 is 10.0 Å². The lowest BCUT2D eigenvalue weighted by atomic mass is 10.2. The zero-order valence-electron chi connectivity index (χ0n) is 10.4. The Morgan fingerprint density at radius 2 is 2.20 bits per heavy atom. The van der Waals surface area contributed by atoms with Crippen molar-refractivity contribution in [1.29, 1.82) is 0 Å². The molecule has 9 heteroatoms. The third-order valence-corrected chi connectivity index (χ3v) is 4.52. The van der Waals surface area contributed by atoms with Crippen molar-refractivity contribution in [3.8, 4) is 0 Å². The van der Waals surface area contributed by atoms with Gasteiger partial charge >= 0.3 is 0 Å². The van der Waals surface area contributed by atoms with Crippen LogP contribution in [0.3, 0.4) is 0 Å². The fourth-order valence-corrected chi connectivity index (χ4v) is 3.14. The molecule has 0 spiro atoms. The number of aryl methyl sites for hydroxylation is 1. The van der Waals surface area contributed by atoms with Crippen LogP contribution in [-0.4, -0.2) is 23.2 Å². The molecule has 6 nitrogen and oxygen atoms in total. The van der Waals surface area contributed by atoms with Gasteiger partial charge in [-0.25, -0.2) is 8.42 Å². The van der Waals surface area contributed by atoms with Gasteiger partial charge in [-0.1, -0.05) is 28.1 Å². The molecular formula is C11H11BrN4O2S2. The molecule has 0 bridgehead atoms. The molecule has 0 fully saturated rings. The number of nitrogens with zero attached hydrogens (tertiary/aromatic N) is 2. The van der Waals surface area contributed by atoms with E-state index >= 15 is 0 Å². The summed E-state index contributed by atoms with van der Waals surface area (Å²) in [4.78, 5) is 0.173. The van der Waals surface area contributed by atoms with E-state index in [4.69, 9.17) is 18.0 Å². The van der Waals surface area contributed by atoms with Crippen LogP contribution in [0.1, 0.15) is 5.56 Å². The van der Waals surface area contributed by atoms with Gasteiger partial charge in [0, 0.05) is 23.3 Å². The lowest BCUT2D eigenvalue weighted by Gasteiger charge is -2.11. The van der Waals surface area contributed by atoms with Crippen molar-refractivity contribution >= 4 is 48.8 Å². The number of thiocarbonyl (C=S) groups is 1. The summed E-state index contributed by atoms with van der Waals surface area (Å²) in [6.45, 7) is 0. The van der Waals surface area contributed by atoms with E-state index in [1.54, 1.807) is 25.2 Å². The smallest absolute Gasteiger partial charge is 0.265 e. The first-order valence-corrected chi connectivity index (χ1v) is 8.09. The number of anilines is 1. The summed E-state index contributed by atoms with van der Waals surface area (Å²) in [5.41, 5.74) is 6.37. The number of nitrogens with two attached hydrogens (primary N) is 1. The van der Waals surface area contributed by atoms with Crippen LogP contribution in [-0.2, 0) is 17.1 Å². The number of benzene rings is 1. The molecule has 2 aromatic rings. The van der Waals surface area contributed by atoms with Gasteiger partial charge in [0.1, 0.15) is 9.88 Å². The normalized spacial score (nSPS) is 11.3. The number of hydrogen-bond acceptors (Lipinski definition) is 4. The highest BCUT2D eigenvalue weighted by atomic mass is 79.9. The van der Waals surface area contributed by atoms with Crippen molar-refractivity contribution in [2.24, 2.45) is 12.8 Å². The molecule has 0 radical (unpaired) electrons. The van der Waals surface area contributed by atoms with E-state index in [-0.39, 0.29) is 9.88 Å². The Labute approximate surface area is 130 Å². The summed E-state index contributed by atoms with van der Waals surface area (Å²) < 4.78 is 29.0. The molecule has 3 N–H and O–H groups in total. The maximum atomic E-state index is 12.2. The first-order valence-electron chi connectivity index (χ1n) is 5.40. The second-order valence-corrected chi connectivity index (χ2v) is 7.05. The number of rotatable bonds is 4. The lowest BCUT2D eigenvalue weighted by molar-refractivity contribution is 0.601. The fraction of sp³-hybridized carbons (Fsp3) is 0.0909. The maximum Gasteiger partial charge on any atom is 0.265 e. The minimum Gasteiger partial charge on any atom is -0.389 e. The van der Waals surface area contributed by atoms with Crippen LogP contribution < -0.4 is 10.5 Å². The van der Waals surface area contributed by atoms with Gasteiger partial charge in [0.05, 0.1) is 11.9 Å². The average molecular weight is 375 g/mol. The van der Waals surface area contributed by atoms with Crippen LogP contribution in [0.2, 0.25) is 0 Å². The van der Waals surface area contributed by atoms with E-state index in [0.717, 1.165) is 4.47 Å². The summed E-state index contributed by atoms with van der Waals surface area (Å²) in [7, 11) is -2.09. The fourth-order valence-electron chi connectivity index (χ4n) is 1.55. The first kappa shape index (κ1) is 14.9. The first-order chi connectivity index (χ1) is 9.29. The van der Waals surface area contributed by atoms with Gasteiger partial charge in [-0.2, -0.15) is 5.10 Å². The van der Waals surface area contributed by atoms with Crippen molar-refractivity contribution in [1.82, 2.24) is 9.78 Å². The lowest BCUT2D eigenvalue weighted by Crippen LogP contribution is -2.17. The monoisotopic (exact) mass is 374 g/mol. The van der Waals surface area contributed by atoms with E-state index in [1.165, 1.54) is 17.1 Å². The minimum atomic E-state index is -3.73. The van der Waals surface area contributed by atoms with Crippen molar-refractivity contribution in [3.63, 3.8) is 0 Å². The third-order valence-electron chi connectivity index (χ3n) is 2.48. The average Bonchev–Trinajstić information content (AvgIpc) is 2.78. The topological polar surface area (TPSA) is 90.0 Å². The summed E-state index contributed by atoms with van der Waals surface area (Å²) >= 11 is 8.21. The molecule has 1 heterocycles.